The van der Waals surface area contributed by atoms with Gasteiger partial charge < -0.3 is 0 Å². The van der Waals surface area contributed by atoms with Crippen LogP contribution in [0.15, 0.2) is 84.3 Å². The second kappa shape index (κ2) is 9.72. The van der Waals surface area contributed by atoms with Gasteiger partial charge in [-0.1, -0.05) is 65.8 Å². The third-order valence-electron chi connectivity index (χ3n) is 4.55. The van der Waals surface area contributed by atoms with Gasteiger partial charge in [0, 0.05) is 22.5 Å². The minimum absolute atomic E-state index is 0.679. The molecule has 0 aliphatic rings. The third-order valence-corrected chi connectivity index (χ3v) is 5.80. The van der Waals surface area contributed by atoms with E-state index in [9.17, 15) is 0 Å². The highest BCUT2D eigenvalue weighted by molar-refractivity contribution is 7.99. The number of pyridine rings is 1. The number of nitrogens with zero attached hydrogens (tertiary/aromatic N) is 4. The third kappa shape index (κ3) is 5.05. The first kappa shape index (κ1) is 19.7. The van der Waals surface area contributed by atoms with E-state index in [1.54, 1.807) is 18.0 Å². The molecule has 0 bridgehead atoms. The van der Waals surface area contributed by atoms with Crippen molar-refractivity contribution < 1.29 is 0 Å². The molecule has 0 atom stereocenters. The van der Waals surface area contributed by atoms with Gasteiger partial charge in [-0.2, -0.15) is 0 Å². The predicted octanol–water partition coefficient (Wildman–Crippen LogP) is 6.10. The van der Waals surface area contributed by atoms with E-state index in [1.165, 1.54) is 5.56 Å². The molecule has 0 unspecified atom stereocenters. The topological polar surface area (TPSA) is 43.6 Å². The van der Waals surface area contributed by atoms with Crippen molar-refractivity contribution in [2.24, 2.45) is 0 Å². The van der Waals surface area contributed by atoms with E-state index in [2.05, 4.69) is 50.1 Å². The molecule has 146 valence electrons. The number of benzene rings is 2. The van der Waals surface area contributed by atoms with Crippen LogP contribution in [0.25, 0.3) is 17.1 Å². The Bertz CT molecular complexity index is 1050. The molecular formula is C23H21ClN4S. The highest BCUT2D eigenvalue weighted by Crippen LogP contribution is 2.29. The summed E-state index contributed by atoms with van der Waals surface area (Å²) in [6.45, 7) is 0. The van der Waals surface area contributed by atoms with Gasteiger partial charge in [-0.15, -0.1) is 10.2 Å². The second-order valence-corrected chi connectivity index (χ2v) is 8.15. The van der Waals surface area contributed by atoms with Crippen LogP contribution < -0.4 is 0 Å². The Kier molecular flexibility index (Phi) is 6.60. The molecule has 4 aromatic rings. The zero-order chi connectivity index (χ0) is 19.9. The van der Waals surface area contributed by atoms with Crippen LogP contribution in [0.2, 0.25) is 5.02 Å². The summed E-state index contributed by atoms with van der Waals surface area (Å²) >= 11 is 7.92. The van der Waals surface area contributed by atoms with Crippen molar-refractivity contribution in [1.82, 2.24) is 19.7 Å². The maximum Gasteiger partial charge on any atom is 0.196 e. The van der Waals surface area contributed by atoms with Gasteiger partial charge in [0.1, 0.15) is 0 Å². The number of halogens is 1. The molecule has 0 aliphatic carbocycles. The molecule has 2 aromatic carbocycles. The Hall–Kier alpha value is -2.63. The number of hydrogen-bond acceptors (Lipinski definition) is 4. The first-order valence-electron chi connectivity index (χ1n) is 9.60. The molecule has 4 nitrogen and oxygen atoms in total. The van der Waals surface area contributed by atoms with Crippen LogP contribution in [-0.4, -0.2) is 25.5 Å². The zero-order valence-electron chi connectivity index (χ0n) is 15.9. The van der Waals surface area contributed by atoms with Crippen LogP contribution in [0.4, 0.5) is 0 Å². The molecule has 29 heavy (non-hydrogen) atoms. The minimum Gasteiger partial charge on any atom is -0.268 e. The van der Waals surface area contributed by atoms with Crippen LogP contribution in [0.5, 0.6) is 0 Å². The highest BCUT2D eigenvalue weighted by Gasteiger charge is 2.16. The van der Waals surface area contributed by atoms with Crippen molar-refractivity contribution in [2.45, 2.75) is 24.4 Å². The molecule has 0 saturated heterocycles. The van der Waals surface area contributed by atoms with E-state index >= 15 is 0 Å². The summed E-state index contributed by atoms with van der Waals surface area (Å²) in [6, 6.07) is 22.2. The van der Waals surface area contributed by atoms with Gasteiger partial charge in [-0.25, -0.2) is 0 Å². The number of thioether (sulfide) groups is 1. The lowest BCUT2D eigenvalue weighted by molar-refractivity contribution is 0.798. The molecule has 0 amide bonds. The van der Waals surface area contributed by atoms with Crippen LogP contribution in [0.1, 0.15) is 18.4 Å². The van der Waals surface area contributed by atoms with Crippen LogP contribution in [-0.2, 0) is 6.42 Å². The molecule has 0 spiro atoms. The first-order chi connectivity index (χ1) is 14.3. The smallest absolute Gasteiger partial charge is 0.196 e. The molecule has 0 aliphatic heterocycles. The maximum absolute atomic E-state index is 6.19. The second-order valence-electron chi connectivity index (χ2n) is 6.65. The van der Waals surface area contributed by atoms with Gasteiger partial charge in [0.2, 0.25) is 0 Å². The van der Waals surface area contributed by atoms with Crippen molar-refractivity contribution >= 4 is 23.4 Å². The van der Waals surface area contributed by atoms with E-state index in [0.29, 0.717) is 5.02 Å². The monoisotopic (exact) mass is 420 g/mol. The van der Waals surface area contributed by atoms with Crippen molar-refractivity contribution in [3.05, 3.63) is 89.7 Å². The van der Waals surface area contributed by atoms with Gasteiger partial charge >= 0.3 is 0 Å². The van der Waals surface area contributed by atoms with Crippen LogP contribution in [0.3, 0.4) is 0 Å². The van der Waals surface area contributed by atoms with E-state index in [-0.39, 0.29) is 0 Å². The maximum atomic E-state index is 6.19. The largest absolute Gasteiger partial charge is 0.268 e. The zero-order valence-corrected chi connectivity index (χ0v) is 17.5. The van der Waals surface area contributed by atoms with Crippen LogP contribution >= 0.6 is 23.4 Å². The van der Waals surface area contributed by atoms with Crippen LogP contribution in [0, 0.1) is 0 Å². The average molecular weight is 421 g/mol. The summed E-state index contributed by atoms with van der Waals surface area (Å²) in [5.41, 5.74) is 3.27. The molecular weight excluding hydrogens is 400 g/mol. The fourth-order valence-corrected chi connectivity index (χ4v) is 4.28. The molecule has 0 N–H and O–H groups in total. The van der Waals surface area contributed by atoms with Gasteiger partial charge in [0.05, 0.1) is 11.9 Å². The number of hydrogen-bond donors (Lipinski definition) is 0. The molecule has 2 heterocycles. The molecule has 6 heteroatoms. The Labute approximate surface area is 180 Å². The van der Waals surface area contributed by atoms with Crippen molar-refractivity contribution in [3.63, 3.8) is 0 Å². The highest BCUT2D eigenvalue weighted by atomic mass is 35.5. The normalized spacial score (nSPS) is 10.9. The van der Waals surface area contributed by atoms with E-state index in [0.717, 1.165) is 47.2 Å². The number of unbranched alkanes of at least 4 members (excludes halogenated alkanes) is 1. The molecule has 2 aromatic heterocycles. The van der Waals surface area contributed by atoms with Gasteiger partial charge in [0.15, 0.2) is 11.0 Å². The Balaban J connectivity index is 1.49. The van der Waals surface area contributed by atoms with E-state index in [4.69, 9.17) is 11.6 Å². The lowest BCUT2D eigenvalue weighted by atomic mass is 10.1. The van der Waals surface area contributed by atoms with Gasteiger partial charge in [-0.3, -0.25) is 9.55 Å². The van der Waals surface area contributed by atoms with Gasteiger partial charge in [-0.05, 0) is 49.1 Å². The Morgan fingerprint density at radius 1 is 0.897 bits per heavy atom. The van der Waals surface area contributed by atoms with E-state index < -0.39 is 0 Å². The first-order valence-corrected chi connectivity index (χ1v) is 11.0. The summed E-state index contributed by atoms with van der Waals surface area (Å²) in [6.07, 6.45) is 6.97. The number of aromatic nitrogens is 4. The summed E-state index contributed by atoms with van der Waals surface area (Å²) < 4.78 is 2.06. The lowest BCUT2D eigenvalue weighted by Gasteiger charge is -2.10. The Morgan fingerprint density at radius 3 is 2.59 bits per heavy atom. The van der Waals surface area contributed by atoms with Crippen molar-refractivity contribution in [1.29, 1.82) is 0 Å². The predicted molar refractivity (Wildman–Crippen MR) is 120 cm³/mol. The number of rotatable bonds is 8. The SMILES string of the molecule is Clc1cccc(-c2nnc(SCCCCc3ccccc3)n2-c2cccnc2)c1. The average Bonchev–Trinajstić information content (AvgIpc) is 3.19. The standard InChI is InChI=1S/C23H21ClN4S/c24-20-12-6-11-19(16-20)22-26-27-23(28(22)21-13-7-14-25-17-21)29-15-5-4-10-18-8-2-1-3-9-18/h1-3,6-9,11-14,16-17H,4-5,10,15H2. The lowest BCUT2D eigenvalue weighted by Crippen LogP contribution is -2.00. The minimum atomic E-state index is 0.679. The summed E-state index contributed by atoms with van der Waals surface area (Å²) in [4.78, 5) is 4.27. The Morgan fingerprint density at radius 2 is 1.79 bits per heavy atom. The summed E-state index contributed by atoms with van der Waals surface area (Å²) in [5.74, 6) is 1.76. The summed E-state index contributed by atoms with van der Waals surface area (Å²) in [7, 11) is 0. The fraction of sp³-hybridized carbons (Fsp3) is 0.174. The summed E-state index contributed by atoms with van der Waals surface area (Å²) in [5, 5.41) is 10.5. The molecule has 0 fully saturated rings. The van der Waals surface area contributed by atoms with Crippen molar-refractivity contribution in [3.8, 4) is 17.1 Å². The molecule has 4 rings (SSSR count). The van der Waals surface area contributed by atoms with Crippen molar-refractivity contribution in [2.75, 3.05) is 5.75 Å². The van der Waals surface area contributed by atoms with Gasteiger partial charge in [0.25, 0.3) is 0 Å². The van der Waals surface area contributed by atoms with E-state index in [1.807, 2.05) is 42.6 Å². The molecule has 0 saturated carbocycles. The molecule has 0 radical (unpaired) electrons. The quantitative estimate of drug-likeness (QED) is 0.255. The number of aryl methyl sites for hydroxylation is 1. The fourth-order valence-electron chi connectivity index (χ4n) is 3.14.